The Balaban J connectivity index is 1.41. The third-order valence-electron chi connectivity index (χ3n) is 6.17. The summed E-state index contributed by atoms with van der Waals surface area (Å²) in [6.07, 6.45) is 0. The summed E-state index contributed by atoms with van der Waals surface area (Å²) in [6.45, 7) is 1.27. The lowest BCUT2D eigenvalue weighted by Gasteiger charge is -2.25. The van der Waals surface area contributed by atoms with Crippen LogP contribution in [0, 0.1) is 0 Å². The van der Waals surface area contributed by atoms with Crippen LogP contribution in [0.1, 0.15) is 37.4 Å². The van der Waals surface area contributed by atoms with E-state index >= 15 is 0 Å². The molecule has 0 saturated heterocycles. The van der Waals surface area contributed by atoms with Crippen LogP contribution >= 0.6 is 0 Å². The Kier molecular flexibility index (Phi) is 7.14. The summed E-state index contributed by atoms with van der Waals surface area (Å²) in [5, 5.41) is 2.99. The first-order valence-electron chi connectivity index (χ1n) is 12.0. The zero-order valence-corrected chi connectivity index (χ0v) is 20.2. The van der Waals surface area contributed by atoms with Crippen molar-refractivity contribution in [3.05, 3.63) is 125 Å². The Bertz CT molecular complexity index is 1420. The zero-order valence-electron chi connectivity index (χ0n) is 20.2. The Morgan fingerprint density at radius 1 is 0.757 bits per heavy atom. The van der Waals surface area contributed by atoms with Gasteiger partial charge < -0.3 is 25.4 Å². The van der Waals surface area contributed by atoms with Crippen LogP contribution in [0.25, 0.3) is 0 Å². The third kappa shape index (κ3) is 5.63. The van der Waals surface area contributed by atoms with Gasteiger partial charge in [-0.15, -0.1) is 0 Å². The molecule has 7 nitrogen and oxygen atoms in total. The highest BCUT2D eigenvalue weighted by molar-refractivity contribution is 6.05. The molecule has 3 N–H and O–H groups in total. The predicted molar refractivity (Wildman–Crippen MR) is 141 cm³/mol. The van der Waals surface area contributed by atoms with E-state index in [1.54, 1.807) is 35.2 Å². The highest BCUT2D eigenvalue weighted by atomic mass is 16.7. The number of nitrogens with one attached hydrogen (secondary N) is 1. The van der Waals surface area contributed by atoms with Gasteiger partial charge in [0.15, 0.2) is 11.5 Å². The number of nitrogens with two attached hydrogens (primary N) is 1. The van der Waals surface area contributed by atoms with E-state index in [4.69, 9.17) is 15.2 Å². The smallest absolute Gasteiger partial charge is 0.255 e. The summed E-state index contributed by atoms with van der Waals surface area (Å²) in [7, 11) is 0. The van der Waals surface area contributed by atoms with E-state index in [1.165, 1.54) is 0 Å². The minimum absolute atomic E-state index is 0.101. The number of nitrogens with zero attached hydrogens (tertiary/aromatic N) is 1. The molecule has 1 aliphatic heterocycles. The van der Waals surface area contributed by atoms with Gasteiger partial charge in [-0.1, -0.05) is 60.7 Å². The van der Waals surface area contributed by atoms with Gasteiger partial charge in [-0.2, -0.15) is 0 Å². The van der Waals surface area contributed by atoms with Gasteiger partial charge in [0.2, 0.25) is 6.79 Å². The van der Waals surface area contributed by atoms with E-state index in [1.807, 2.05) is 66.7 Å². The standard InChI is InChI=1S/C30H27N3O4/c31-17-21-7-6-8-22(15-21)18-33(30(35)23-9-2-1-3-10-23)19-25-11-4-5-12-26(25)32-29(34)24-13-14-27-28(16-24)37-20-36-27/h1-16H,17-20,31H2,(H,32,34). The lowest BCUT2D eigenvalue weighted by atomic mass is 10.1. The average molecular weight is 494 g/mol. The Morgan fingerprint density at radius 2 is 1.51 bits per heavy atom. The monoisotopic (exact) mass is 493 g/mol. The van der Waals surface area contributed by atoms with Gasteiger partial charge >= 0.3 is 0 Å². The number of amides is 2. The molecule has 0 atom stereocenters. The molecule has 2 amide bonds. The number of para-hydroxylation sites is 1. The number of hydrogen-bond donors (Lipinski definition) is 2. The average Bonchev–Trinajstić information content (AvgIpc) is 3.42. The Hall–Kier alpha value is -4.62. The van der Waals surface area contributed by atoms with Gasteiger partial charge in [0.1, 0.15) is 0 Å². The summed E-state index contributed by atoms with van der Waals surface area (Å²) in [6, 6.07) is 29.7. The summed E-state index contributed by atoms with van der Waals surface area (Å²) in [5.74, 6) is 0.781. The molecule has 4 aromatic rings. The van der Waals surface area contributed by atoms with Crippen LogP contribution in [-0.2, 0) is 19.6 Å². The predicted octanol–water partition coefficient (Wildman–Crippen LogP) is 4.97. The number of ether oxygens (including phenoxy) is 2. The Labute approximate surface area is 215 Å². The first-order chi connectivity index (χ1) is 18.1. The molecule has 0 radical (unpaired) electrons. The molecule has 0 saturated carbocycles. The molecule has 0 unspecified atom stereocenters. The van der Waals surface area contributed by atoms with E-state index in [2.05, 4.69) is 5.32 Å². The molecule has 0 aliphatic carbocycles. The van der Waals surface area contributed by atoms with Crippen LogP contribution in [-0.4, -0.2) is 23.5 Å². The fraction of sp³-hybridized carbons (Fsp3) is 0.133. The number of anilines is 1. The number of carbonyl (C=O) groups is 2. The van der Waals surface area contributed by atoms with Crippen molar-refractivity contribution in [2.24, 2.45) is 5.73 Å². The van der Waals surface area contributed by atoms with Crippen molar-refractivity contribution in [2.45, 2.75) is 19.6 Å². The van der Waals surface area contributed by atoms with Gasteiger partial charge in [-0.3, -0.25) is 9.59 Å². The van der Waals surface area contributed by atoms with Crippen LogP contribution in [0.3, 0.4) is 0 Å². The molecular weight excluding hydrogens is 466 g/mol. The maximum Gasteiger partial charge on any atom is 0.255 e. The highest BCUT2D eigenvalue weighted by Crippen LogP contribution is 2.33. The van der Waals surface area contributed by atoms with Gasteiger partial charge in [0.05, 0.1) is 0 Å². The van der Waals surface area contributed by atoms with Crippen molar-refractivity contribution in [3.63, 3.8) is 0 Å². The van der Waals surface area contributed by atoms with E-state index in [-0.39, 0.29) is 18.6 Å². The second kappa shape index (κ2) is 11.0. The number of hydrogen-bond acceptors (Lipinski definition) is 5. The first kappa shape index (κ1) is 24.1. The Morgan fingerprint density at radius 3 is 2.35 bits per heavy atom. The molecule has 37 heavy (non-hydrogen) atoms. The molecule has 0 bridgehead atoms. The van der Waals surface area contributed by atoms with Gasteiger partial charge in [-0.05, 0) is 53.1 Å². The van der Waals surface area contributed by atoms with Crippen LogP contribution in [0.4, 0.5) is 5.69 Å². The number of carbonyl (C=O) groups excluding carboxylic acids is 2. The molecular formula is C30H27N3O4. The van der Waals surface area contributed by atoms with Crippen molar-refractivity contribution in [3.8, 4) is 11.5 Å². The molecule has 1 heterocycles. The van der Waals surface area contributed by atoms with Crippen molar-refractivity contribution in [1.82, 2.24) is 4.90 Å². The summed E-state index contributed by atoms with van der Waals surface area (Å²) in [4.78, 5) is 28.4. The minimum atomic E-state index is -0.276. The molecule has 7 heteroatoms. The zero-order chi connectivity index (χ0) is 25.6. The van der Waals surface area contributed by atoms with Crippen molar-refractivity contribution < 1.29 is 19.1 Å². The molecule has 0 aromatic heterocycles. The number of benzene rings is 4. The van der Waals surface area contributed by atoms with Crippen LogP contribution < -0.4 is 20.5 Å². The third-order valence-corrected chi connectivity index (χ3v) is 6.17. The molecule has 0 fully saturated rings. The lowest BCUT2D eigenvalue weighted by Crippen LogP contribution is -2.30. The van der Waals surface area contributed by atoms with Gasteiger partial charge in [-0.25, -0.2) is 0 Å². The van der Waals surface area contributed by atoms with Crippen molar-refractivity contribution in [2.75, 3.05) is 12.1 Å². The molecule has 0 spiro atoms. The summed E-state index contributed by atoms with van der Waals surface area (Å²) < 4.78 is 10.7. The fourth-order valence-corrected chi connectivity index (χ4v) is 4.26. The first-order valence-corrected chi connectivity index (χ1v) is 12.0. The van der Waals surface area contributed by atoms with Crippen molar-refractivity contribution >= 4 is 17.5 Å². The van der Waals surface area contributed by atoms with Crippen LogP contribution in [0.5, 0.6) is 11.5 Å². The lowest BCUT2D eigenvalue weighted by molar-refractivity contribution is 0.0730. The minimum Gasteiger partial charge on any atom is -0.454 e. The second-order valence-corrected chi connectivity index (χ2v) is 8.73. The van der Waals surface area contributed by atoms with E-state index in [9.17, 15) is 9.59 Å². The van der Waals surface area contributed by atoms with Crippen LogP contribution in [0.15, 0.2) is 97.1 Å². The van der Waals surface area contributed by atoms with E-state index in [0.29, 0.717) is 47.9 Å². The van der Waals surface area contributed by atoms with E-state index in [0.717, 1.165) is 16.7 Å². The topological polar surface area (TPSA) is 93.9 Å². The molecule has 1 aliphatic rings. The second-order valence-electron chi connectivity index (χ2n) is 8.73. The molecule has 186 valence electrons. The number of rotatable bonds is 8. The maximum atomic E-state index is 13.6. The fourth-order valence-electron chi connectivity index (χ4n) is 4.26. The number of fused-ring (bicyclic) bond motifs is 1. The largest absolute Gasteiger partial charge is 0.454 e. The summed E-state index contributed by atoms with van der Waals surface area (Å²) in [5.41, 5.74) is 10.3. The normalized spacial score (nSPS) is 11.7. The van der Waals surface area contributed by atoms with Gasteiger partial charge in [0.25, 0.3) is 11.8 Å². The molecule has 4 aromatic carbocycles. The highest BCUT2D eigenvalue weighted by Gasteiger charge is 2.20. The quantitative estimate of drug-likeness (QED) is 0.362. The van der Waals surface area contributed by atoms with Crippen LogP contribution in [0.2, 0.25) is 0 Å². The summed E-state index contributed by atoms with van der Waals surface area (Å²) >= 11 is 0. The molecule has 5 rings (SSSR count). The maximum absolute atomic E-state index is 13.6. The SMILES string of the molecule is NCc1cccc(CN(Cc2ccccc2NC(=O)c2ccc3c(c2)OCO3)C(=O)c2ccccc2)c1. The van der Waals surface area contributed by atoms with Gasteiger partial charge in [0, 0.05) is 36.4 Å². The van der Waals surface area contributed by atoms with Crippen molar-refractivity contribution in [1.29, 1.82) is 0 Å². The van der Waals surface area contributed by atoms with E-state index < -0.39 is 0 Å².